The molecule has 2 unspecified atom stereocenters. The number of carboxylic acids is 1. The molecule has 0 saturated carbocycles. The van der Waals surface area contributed by atoms with Gasteiger partial charge in [0, 0.05) is 12.0 Å². The van der Waals surface area contributed by atoms with Crippen molar-refractivity contribution in [1.82, 2.24) is 5.32 Å². The van der Waals surface area contributed by atoms with Gasteiger partial charge in [0.05, 0.1) is 0 Å². The van der Waals surface area contributed by atoms with Crippen LogP contribution in [-0.2, 0) is 9.59 Å². The van der Waals surface area contributed by atoms with E-state index < -0.39 is 12.0 Å². The van der Waals surface area contributed by atoms with Gasteiger partial charge in [-0.1, -0.05) is 27.2 Å². The van der Waals surface area contributed by atoms with Crippen molar-refractivity contribution in [2.24, 2.45) is 17.6 Å². The third-order valence-electron chi connectivity index (χ3n) is 2.97. The fourth-order valence-corrected chi connectivity index (χ4v) is 1.69. The van der Waals surface area contributed by atoms with Gasteiger partial charge in [-0.2, -0.15) is 0 Å². The maximum absolute atomic E-state index is 11.8. The van der Waals surface area contributed by atoms with Crippen LogP contribution in [0.15, 0.2) is 0 Å². The van der Waals surface area contributed by atoms with Crippen molar-refractivity contribution >= 4 is 11.9 Å². The van der Waals surface area contributed by atoms with E-state index in [1.54, 1.807) is 13.8 Å². The Hall–Kier alpha value is -1.10. The summed E-state index contributed by atoms with van der Waals surface area (Å²) in [4.78, 5) is 22.8. The first-order valence-electron chi connectivity index (χ1n) is 6.54. The standard InChI is InChI=1S/C13H26N2O3/c1-8(2)11(13(17)18)15-12(16)9(3)6-5-7-10(4)14/h8-11H,5-7,14H2,1-4H3,(H,15,16)(H,17,18)/t9?,10?,11-/m1/s1. The molecule has 0 aliphatic carbocycles. The fourth-order valence-electron chi connectivity index (χ4n) is 1.69. The van der Waals surface area contributed by atoms with Gasteiger partial charge in [-0.15, -0.1) is 0 Å². The lowest BCUT2D eigenvalue weighted by Crippen LogP contribution is -2.46. The monoisotopic (exact) mass is 258 g/mol. The van der Waals surface area contributed by atoms with E-state index in [1.807, 2.05) is 13.8 Å². The van der Waals surface area contributed by atoms with E-state index in [2.05, 4.69) is 5.32 Å². The van der Waals surface area contributed by atoms with Crippen LogP contribution >= 0.6 is 0 Å². The van der Waals surface area contributed by atoms with E-state index >= 15 is 0 Å². The second-order valence-electron chi connectivity index (χ2n) is 5.38. The molecule has 0 fully saturated rings. The van der Waals surface area contributed by atoms with Crippen molar-refractivity contribution in [2.75, 3.05) is 0 Å². The molecule has 0 radical (unpaired) electrons. The zero-order chi connectivity index (χ0) is 14.3. The van der Waals surface area contributed by atoms with Crippen molar-refractivity contribution in [2.45, 2.75) is 59.0 Å². The number of aliphatic carboxylic acids is 1. The highest BCUT2D eigenvalue weighted by atomic mass is 16.4. The van der Waals surface area contributed by atoms with Gasteiger partial charge in [-0.25, -0.2) is 4.79 Å². The molecule has 5 heteroatoms. The number of carbonyl (C=O) groups is 2. The Bertz CT molecular complexity index is 277. The lowest BCUT2D eigenvalue weighted by molar-refractivity contribution is -0.143. The van der Waals surface area contributed by atoms with Gasteiger partial charge in [-0.3, -0.25) is 4.79 Å². The van der Waals surface area contributed by atoms with Crippen LogP contribution in [0.3, 0.4) is 0 Å². The smallest absolute Gasteiger partial charge is 0.326 e. The Kier molecular flexibility index (Phi) is 7.59. The lowest BCUT2D eigenvalue weighted by atomic mass is 9.99. The highest BCUT2D eigenvalue weighted by Gasteiger charge is 2.25. The number of carbonyl (C=O) groups excluding carboxylic acids is 1. The van der Waals surface area contributed by atoms with Crippen LogP contribution in [0.2, 0.25) is 0 Å². The molecule has 0 rings (SSSR count). The summed E-state index contributed by atoms with van der Waals surface area (Å²) in [6.45, 7) is 7.30. The molecule has 0 saturated heterocycles. The van der Waals surface area contributed by atoms with Crippen molar-refractivity contribution < 1.29 is 14.7 Å². The van der Waals surface area contributed by atoms with Gasteiger partial charge in [0.2, 0.25) is 5.91 Å². The summed E-state index contributed by atoms with van der Waals surface area (Å²) in [7, 11) is 0. The van der Waals surface area contributed by atoms with Gasteiger partial charge in [-0.05, 0) is 25.7 Å². The van der Waals surface area contributed by atoms with Gasteiger partial charge in [0.15, 0.2) is 0 Å². The molecule has 1 amide bonds. The molecule has 0 aliphatic heterocycles. The van der Waals surface area contributed by atoms with E-state index in [4.69, 9.17) is 10.8 Å². The van der Waals surface area contributed by atoms with Gasteiger partial charge in [0.25, 0.3) is 0 Å². The third-order valence-corrected chi connectivity index (χ3v) is 2.97. The Morgan fingerprint density at radius 3 is 2.11 bits per heavy atom. The van der Waals surface area contributed by atoms with Crippen molar-refractivity contribution in [3.8, 4) is 0 Å². The zero-order valence-corrected chi connectivity index (χ0v) is 11.8. The van der Waals surface area contributed by atoms with Crippen LogP contribution in [-0.4, -0.2) is 29.1 Å². The van der Waals surface area contributed by atoms with Gasteiger partial charge >= 0.3 is 5.97 Å². The van der Waals surface area contributed by atoms with E-state index in [0.717, 1.165) is 19.3 Å². The molecule has 0 bridgehead atoms. The van der Waals surface area contributed by atoms with Crippen LogP contribution in [0.25, 0.3) is 0 Å². The summed E-state index contributed by atoms with van der Waals surface area (Å²) < 4.78 is 0. The summed E-state index contributed by atoms with van der Waals surface area (Å²) in [5, 5.41) is 11.6. The van der Waals surface area contributed by atoms with E-state index in [-0.39, 0.29) is 23.8 Å². The van der Waals surface area contributed by atoms with Gasteiger partial charge < -0.3 is 16.2 Å². The number of amides is 1. The summed E-state index contributed by atoms with van der Waals surface area (Å²) in [5.41, 5.74) is 5.64. The van der Waals surface area contributed by atoms with E-state index in [9.17, 15) is 9.59 Å². The Labute approximate surface area is 109 Å². The molecule has 0 aromatic carbocycles. The maximum Gasteiger partial charge on any atom is 0.326 e. The van der Waals surface area contributed by atoms with Gasteiger partial charge in [0.1, 0.15) is 6.04 Å². The van der Waals surface area contributed by atoms with Crippen LogP contribution < -0.4 is 11.1 Å². The Morgan fingerprint density at radius 1 is 1.17 bits per heavy atom. The second-order valence-corrected chi connectivity index (χ2v) is 5.38. The summed E-state index contributed by atoms with van der Waals surface area (Å²) in [6.07, 6.45) is 2.49. The number of carboxylic acid groups (broad SMARTS) is 1. The van der Waals surface area contributed by atoms with Crippen molar-refractivity contribution in [3.63, 3.8) is 0 Å². The molecule has 0 spiro atoms. The molecule has 0 aliphatic rings. The molecule has 18 heavy (non-hydrogen) atoms. The first-order chi connectivity index (χ1) is 8.25. The largest absolute Gasteiger partial charge is 0.480 e. The lowest BCUT2D eigenvalue weighted by Gasteiger charge is -2.20. The average molecular weight is 258 g/mol. The zero-order valence-electron chi connectivity index (χ0n) is 11.8. The minimum absolute atomic E-state index is 0.122. The molecular weight excluding hydrogens is 232 g/mol. The number of rotatable bonds is 8. The summed E-state index contributed by atoms with van der Waals surface area (Å²) >= 11 is 0. The minimum atomic E-state index is -0.985. The van der Waals surface area contributed by atoms with E-state index in [0.29, 0.717) is 0 Å². The summed E-state index contributed by atoms with van der Waals surface area (Å²) in [5.74, 6) is -1.48. The average Bonchev–Trinajstić information content (AvgIpc) is 2.23. The van der Waals surface area contributed by atoms with Crippen LogP contribution in [0.1, 0.15) is 47.0 Å². The van der Waals surface area contributed by atoms with Crippen molar-refractivity contribution in [1.29, 1.82) is 0 Å². The number of nitrogens with two attached hydrogens (primary N) is 1. The third kappa shape index (κ3) is 6.59. The molecular formula is C13H26N2O3. The molecule has 4 N–H and O–H groups in total. The molecule has 0 aromatic heterocycles. The van der Waals surface area contributed by atoms with Crippen LogP contribution in [0.4, 0.5) is 0 Å². The first kappa shape index (κ1) is 16.9. The normalized spacial score (nSPS) is 16.1. The highest BCUT2D eigenvalue weighted by molar-refractivity contribution is 5.84. The minimum Gasteiger partial charge on any atom is -0.480 e. The maximum atomic E-state index is 11.8. The molecule has 0 aromatic rings. The van der Waals surface area contributed by atoms with Crippen LogP contribution in [0.5, 0.6) is 0 Å². The highest BCUT2D eigenvalue weighted by Crippen LogP contribution is 2.11. The summed E-state index contributed by atoms with van der Waals surface area (Å²) in [6, 6.07) is -0.670. The van der Waals surface area contributed by atoms with E-state index in [1.165, 1.54) is 0 Å². The second kappa shape index (κ2) is 8.08. The predicted octanol–water partition coefficient (Wildman–Crippen LogP) is 1.37. The molecule has 3 atom stereocenters. The Balaban J connectivity index is 4.17. The number of hydrogen-bond donors (Lipinski definition) is 3. The number of hydrogen-bond acceptors (Lipinski definition) is 3. The molecule has 5 nitrogen and oxygen atoms in total. The van der Waals surface area contributed by atoms with Crippen molar-refractivity contribution in [3.05, 3.63) is 0 Å². The quantitative estimate of drug-likeness (QED) is 0.613. The molecule has 0 heterocycles. The first-order valence-corrected chi connectivity index (χ1v) is 6.54. The van der Waals surface area contributed by atoms with Crippen LogP contribution in [0, 0.1) is 11.8 Å². The predicted molar refractivity (Wildman–Crippen MR) is 71.1 cm³/mol. The number of nitrogens with one attached hydrogen (secondary N) is 1. The fraction of sp³-hybridized carbons (Fsp3) is 0.846. The topological polar surface area (TPSA) is 92.4 Å². The Morgan fingerprint density at radius 2 is 1.72 bits per heavy atom. The SMILES string of the molecule is CC(N)CCCC(C)C(=O)N[C@@H](C(=O)O)C(C)C. The molecule has 106 valence electrons.